The summed E-state index contributed by atoms with van der Waals surface area (Å²) in [6, 6.07) is 0. The van der Waals surface area contributed by atoms with Crippen LogP contribution < -0.4 is 0 Å². The molecule has 108 valence electrons. The lowest BCUT2D eigenvalue weighted by atomic mass is 9.92. The Kier molecular flexibility index (Phi) is 5.35. The predicted octanol–water partition coefficient (Wildman–Crippen LogP) is 3.10. The highest BCUT2D eigenvalue weighted by Crippen LogP contribution is 2.22. The zero-order valence-electron chi connectivity index (χ0n) is 12.6. The number of rotatable bonds is 5. The number of carbonyl (C=O) groups is 1. The lowest BCUT2D eigenvalue weighted by Crippen LogP contribution is -2.31. The van der Waals surface area contributed by atoms with Crippen molar-refractivity contribution in [1.29, 1.82) is 0 Å². The first-order chi connectivity index (χ1) is 8.81. The van der Waals surface area contributed by atoms with Gasteiger partial charge in [0.1, 0.15) is 0 Å². The Morgan fingerprint density at radius 2 is 1.95 bits per heavy atom. The van der Waals surface area contributed by atoms with E-state index in [1.54, 1.807) is 0 Å². The number of nitrogens with zero attached hydrogens (tertiary/aromatic N) is 2. The largest absolute Gasteiger partial charge is 0.343 e. The van der Waals surface area contributed by atoms with Crippen molar-refractivity contribution in [2.45, 2.75) is 53.0 Å². The highest BCUT2D eigenvalue weighted by molar-refractivity contribution is 7.71. The zero-order chi connectivity index (χ0) is 14.6. The summed E-state index contributed by atoms with van der Waals surface area (Å²) in [5, 5.41) is 0. The molecule has 1 amide bonds. The molecule has 0 atom stereocenters. The van der Waals surface area contributed by atoms with Gasteiger partial charge in [-0.25, -0.2) is 0 Å². The number of aromatic amines is 1. The molecule has 19 heavy (non-hydrogen) atoms. The molecule has 0 spiro atoms. The molecule has 0 radical (unpaired) electrons. The fraction of sp³-hybridized carbons (Fsp3) is 0.714. The lowest BCUT2D eigenvalue weighted by Gasteiger charge is -2.22. The number of hydrogen-bond acceptors (Lipinski definition) is 2. The second-order valence-corrected chi connectivity index (χ2v) is 6.08. The van der Waals surface area contributed by atoms with Gasteiger partial charge in [-0.3, -0.25) is 4.79 Å². The van der Waals surface area contributed by atoms with E-state index in [9.17, 15) is 4.79 Å². The van der Waals surface area contributed by atoms with Gasteiger partial charge in [0.05, 0.1) is 0 Å². The summed E-state index contributed by atoms with van der Waals surface area (Å²) in [5.74, 6) is 0.188. The molecule has 0 aliphatic heterocycles. The first-order valence-electron chi connectivity index (χ1n) is 6.87. The maximum atomic E-state index is 12.0. The second kappa shape index (κ2) is 6.37. The molecule has 0 aromatic carbocycles. The van der Waals surface area contributed by atoms with E-state index in [-0.39, 0.29) is 11.3 Å². The Morgan fingerprint density at radius 3 is 2.42 bits per heavy atom. The van der Waals surface area contributed by atoms with Crippen LogP contribution in [0.3, 0.4) is 0 Å². The smallest absolute Gasteiger partial charge is 0.224 e. The van der Waals surface area contributed by atoms with Crippen LogP contribution in [0.15, 0.2) is 6.20 Å². The van der Waals surface area contributed by atoms with Crippen LogP contribution in [0, 0.1) is 4.77 Å². The molecule has 0 fully saturated rings. The summed E-state index contributed by atoms with van der Waals surface area (Å²) < 4.78 is 2.73. The first-order valence-corrected chi connectivity index (χ1v) is 7.28. The van der Waals surface area contributed by atoms with Gasteiger partial charge >= 0.3 is 0 Å². The summed E-state index contributed by atoms with van der Waals surface area (Å²) in [4.78, 5) is 17.0. The molecule has 0 saturated carbocycles. The van der Waals surface area contributed by atoms with Crippen LogP contribution in [0.25, 0.3) is 0 Å². The van der Waals surface area contributed by atoms with E-state index in [2.05, 4.69) is 25.8 Å². The highest BCUT2D eigenvalue weighted by Gasteiger charge is 2.20. The molecule has 1 heterocycles. The standard InChI is InChI=1S/C14H25N3OS/c1-6-16(7-2)12(18)8-9-17-11(14(3,4)5)10-15-13(17)19/h10H,6-9H2,1-5H3,(H,15,19). The average Bonchev–Trinajstić information content (AvgIpc) is 2.69. The van der Waals surface area contributed by atoms with E-state index in [0.717, 1.165) is 18.8 Å². The Labute approximate surface area is 120 Å². The van der Waals surface area contributed by atoms with Crippen LogP contribution in [0.2, 0.25) is 0 Å². The number of nitrogens with one attached hydrogen (secondary N) is 1. The molecule has 1 aromatic heterocycles. The van der Waals surface area contributed by atoms with E-state index in [1.807, 2.05) is 29.5 Å². The Balaban J connectivity index is 2.81. The number of carbonyl (C=O) groups excluding carboxylic acids is 1. The molecule has 0 saturated heterocycles. The summed E-state index contributed by atoms with van der Waals surface area (Å²) in [5.41, 5.74) is 1.16. The first kappa shape index (κ1) is 16.0. The number of imidazole rings is 1. The number of amides is 1. The Bertz CT molecular complexity index is 478. The summed E-state index contributed by atoms with van der Waals surface area (Å²) in [7, 11) is 0. The fourth-order valence-corrected chi connectivity index (χ4v) is 2.43. The molecule has 5 heteroatoms. The van der Waals surface area contributed by atoms with E-state index in [4.69, 9.17) is 12.2 Å². The minimum Gasteiger partial charge on any atom is -0.343 e. The quantitative estimate of drug-likeness (QED) is 0.844. The zero-order valence-corrected chi connectivity index (χ0v) is 13.4. The van der Waals surface area contributed by atoms with Crippen LogP contribution >= 0.6 is 12.2 Å². The fourth-order valence-electron chi connectivity index (χ4n) is 2.18. The van der Waals surface area contributed by atoms with E-state index in [1.165, 1.54) is 0 Å². The third-order valence-electron chi connectivity index (χ3n) is 3.30. The Morgan fingerprint density at radius 1 is 1.37 bits per heavy atom. The molecule has 0 bridgehead atoms. The number of aromatic nitrogens is 2. The van der Waals surface area contributed by atoms with Gasteiger partial charge in [0.25, 0.3) is 0 Å². The van der Waals surface area contributed by atoms with E-state index < -0.39 is 0 Å². The van der Waals surface area contributed by atoms with Crippen molar-refractivity contribution in [3.05, 3.63) is 16.7 Å². The van der Waals surface area contributed by atoms with Crippen molar-refractivity contribution in [3.8, 4) is 0 Å². The van der Waals surface area contributed by atoms with E-state index in [0.29, 0.717) is 17.7 Å². The van der Waals surface area contributed by atoms with Crippen LogP contribution in [-0.2, 0) is 16.8 Å². The summed E-state index contributed by atoms with van der Waals surface area (Å²) in [6.07, 6.45) is 2.45. The van der Waals surface area contributed by atoms with Crippen molar-refractivity contribution in [2.24, 2.45) is 0 Å². The third-order valence-corrected chi connectivity index (χ3v) is 3.64. The molecule has 0 aliphatic carbocycles. The molecule has 0 aliphatic rings. The number of H-pyrrole nitrogens is 1. The van der Waals surface area contributed by atoms with Gasteiger partial charge in [-0.1, -0.05) is 20.8 Å². The van der Waals surface area contributed by atoms with E-state index >= 15 is 0 Å². The lowest BCUT2D eigenvalue weighted by molar-refractivity contribution is -0.131. The normalized spacial score (nSPS) is 11.6. The molecule has 1 aromatic rings. The molecule has 0 unspecified atom stereocenters. The predicted molar refractivity (Wildman–Crippen MR) is 80.9 cm³/mol. The molecular formula is C14H25N3OS. The van der Waals surface area contributed by atoms with Crippen molar-refractivity contribution >= 4 is 18.1 Å². The van der Waals surface area contributed by atoms with Crippen LogP contribution in [0.1, 0.15) is 46.7 Å². The maximum Gasteiger partial charge on any atom is 0.224 e. The summed E-state index contributed by atoms with van der Waals surface area (Å²) in [6.45, 7) is 12.6. The van der Waals surface area contributed by atoms with Crippen molar-refractivity contribution < 1.29 is 4.79 Å². The van der Waals surface area contributed by atoms with Crippen LogP contribution in [-0.4, -0.2) is 33.4 Å². The minimum absolute atomic E-state index is 0.0197. The minimum atomic E-state index is 0.0197. The van der Waals surface area contributed by atoms with Crippen molar-refractivity contribution in [1.82, 2.24) is 14.5 Å². The molecule has 1 N–H and O–H groups in total. The van der Waals surface area contributed by atoms with Crippen LogP contribution in [0.5, 0.6) is 0 Å². The number of hydrogen-bond donors (Lipinski definition) is 1. The van der Waals surface area contributed by atoms with Crippen molar-refractivity contribution in [2.75, 3.05) is 13.1 Å². The molecular weight excluding hydrogens is 258 g/mol. The van der Waals surface area contributed by atoms with Gasteiger partial charge in [0.2, 0.25) is 5.91 Å². The van der Waals surface area contributed by atoms with Gasteiger partial charge in [-0.15, -0.1) is 0 Å². The third kappa shape index (κ3) is 3.93. The second-order valence-electron chi connectivity index (χ2n) is 5.70. The topological polar surface area (TPSA) is 41.0 Å². The maximum absolute atomic E-state index is 12.0. The SMILES string of the molecule is CCN(CC)C(=O)CCn1c(C(C)(C)C)c[nH]c1=S. The Hall–Kier alpha value is -1.10. The summed E-state index contributed by atoms with van der Waals surface area (Å²) >= 11 is 5.30. The van der Waals surface area contributed by atoms with Gasteiger partial charge in [0, 0.05) is 43.4 Å². The van der Waals surface area contributed by atoms with Crippen molar-refractivity contribution in [3.63, 3.8) is 0 Å². The van der Waals surface area contributed by atoms with Gasteiger partial charge in [0.15, 0.2) is 4.77 Å². The monoisotopic (exact) mass is 283 g/mol. The van der Waals surface area contributed by atoms with Gasteiger partial charge in [-0.05, 0) is 26.1 Å². The van der Waals surface area contributed by atoms with Gasteiger partial charge < -0.3 is 14.5 Å². The van der Waals surface area contributed by atoms with Gasteiger partial charge in [-0.2, -0.15) is 0 Å². The highest BCUT2D eigenvalue weighted by atomic mass is 32.1. The molecule has 4 nitrogen and oxygen atoms in total. The van der Waals surface area contributed by atoms with Crippen LogP contribution in [0.4, 0.5) is 0 Å². The molecule has 1 rings (SSSR count). The average molecular weight is 283 g/mol.